The van der Waals surface area contributed by atoms with Gasteiger partial charge in [-0.1, -0.05) is 19.3 Å². The Balaban J connectivity index is 1.60. The topological polar surface area (TPSA) is 23.5 Å². The Morgan fingerprint density at radius 1 is 1.11 bits per heavy atom. The number of fused-ring (bicyclic) bond motifs is 1. The second-order valence-corrected chi connectivity index (χ2v) is 7.30. The minimum Gasteiger partial charge on any atom is -0.393 e. The molecule has 1 N–H and O–H groups in total. The molecule has 18 heavy (non-hydrogen) atoms. The van der Waals surface area contributed by atoms with Crippen LogP contribution in [0.4, 0.5) is 0 Å². The Labute approximate surface area is 117 Å². The molecule has 0 spiro atoms. The third-order valence-electron chi connectivity index (χ3n) is 5.70. The van der Waals surface area contributed by atoms with Gasteiger partial charge in [-0.2, -0.15) is 12.6 Å². The molecule has 1 heterocycles. The largest absolute Gasteiger partial charge is 0.393 e. The first-order chi connectivity index (χ1) is 8.72. The molecule has 2 aliphatic carbocycles. The molecule has 2 saturated carbocycles. The Hall–Kier alpha value is 0.270. The van der Waals surface area contributed by atoms with Gasteiger partial charge in [0.2, 0.25) is 0 Å². The molecule has 0 aromatic carbocycles. The Kier molecular flexibility index (Phi) is 3.93. The summed E-state index contributed by atoms with van der Waals surface area (Å²) in [6.07, 6.45) is 9.21. The zero-order valence-electron chi connectivity index (χ0n) is 11.4. The number of likely N-dealkylation sites (tertiary alicyclic amines) is 1. The van der Waals surface area contributed by atoms with E-state index in [1.54, 1.807) is 0 Å². The quantitative estimate of drug-likeness (QED) is 0.769. The van der Waals surface area contributed by atoms with Crippen molar-refractivity contribution in [2.45, 2.75) is 51.0 Å². The van der Waals surface area contributed by atoms with E-state index in [9.17, 15) is 5.11 Å². The van der Waals surface area contributed by atoms with Crippen LogP contribution in [0.15, 0.2) is 0 Å². The summed E-state index contributed by atoms with van der Waals surface area (Å²) in [6.45, 7) is 3.61. The first-order valence-corrected chi connectivity index (χ1v) is 8.37. The molecule has 3 atom stereocenters. The predicted octanol–water partition coefficient (Wildman–Crippen LogP) is 2.57. The fourth-order valence-electron chi connectivity index (χ4n) is 4.60. The molecule has 0 radical (unpaired) electrons. The summed E-state index contributed by atoms with van der Waals surface area (Å²) < 4.78 is 0. The first-order valence-electron chi connectivity index (χ1n) is 7.74. The molecule has 0 aromatic rings. The lowest BCUT2D eigenvalue weighted by Crippen LogP contribution is -2.40. The lowest BCUT2D eigenvalue weighted by Gasteiger charge is -2.39. The average Bonchev–Trinajstić information content (AvgIpc) is 2.93. The SMILES string of the molecule is OC1CCC2CN(CC3(CS)CCCCC3)CC12. The summed E-state index contributed by atoms with van der Waals surface area (Å²) in [5, 5.41) is 10.0. The van der Waals surface area contributed by atoms with E-state index in [0.29, 0.717) is 11.3 Å². The molecular weight excluding hydrogens is 242 g/mol. The maximum absolute atomic E-state index is 10.0. The number of aliphatic hydroxyl groups is 1. The zero-order chi connectivity index (χ0) is 12.6. The molecule has 3 aliphatic rings. The van der Waals surface area contributed by atoms with E-state index in [1.807, 2.05) is 0 Å². The van der Waals surface area contributed by atoms with Gasteiger partial charge >= 0.3 is 0 Å². The van der Waals surface area contributed by atoms with E-state index in [2.05, 4.69) is 17.5 Å². The minimum absolute atomic E-state index is 0.0155. The van der Waals surface area contributed by atoms with Crippen molar-refractivity contribution in [3.63, 3.8) is 0 Å². The molecule has 3 rings (SSSR count). The van der Waals surface area contributed by atoms with Crippen LogP contribution in [0.2, 0.25) is 0 Å². The van der Waals surface area contributed by atoms with Crippen molar-refractivity contribution in [1.82, 2.24) is 4.90 Å². The fourth-order valence-corrected chi connectivity index (χ4v) is 5.02. The highest BCUT2D eigenvalue weighted by atomic mass is 32.1. The van der Waals surface area contributed by atoms with Gasteiger partial charge in [-0.15, -0.1) is 0 Å². The molecule has 104 valence electrons. The highest BCUT2D eigenvalue weighted by molar-refractivity contribution is 7.80. The van der Waals surface area contributed by atoms with Crippen molar-refractivity contribution in [1.29, 1.82) is 0 Å². The van der Waals surface area contributed by atoms with Gasteiger partial charge in [0.05, 0.1) is 6.10 Å². The van der Waals surface area contributed by atoms with Crippen molar-refractivity contribution in [3.05, 3.63) is 0 Å². The molecule has 0 aromatic heterocycles. The van der Waals surface area contributed by atoms with E-state index in [1.165, 1.54) is 51.6 Å². The van der Waals surface area contributed by atoms with Crippen LogP contribution in [0, 0.1) is 17.3 Å². The fraction of sp³-hybridized carbons (Fsp3) is 1.00. The molecule has 1 saturated heterocycles. The third-order valence-corrected chi connectivity index (χ3v) is 6.37. The number of aliphatic hydroxyl groups excluding tert-OH is 1. The van der Waals surface area contributed by atoms with Crippen molar-refractivity contribution < 1.29 is 5.11 Å². The summed E-state index contributed by atoms with van der Waals surface area (Å²) in [4.78, 5) is 2.64. The molecule has 3 unspecified atom stereocenters. The van der Waals surface area contributed by atoms with Gasteiger partial charge in [-0.05, 0) is 42.8 Å². The summed E-state index contributed by atoms with van der Waals surface area (Å²) in [7, 11) is 0. The smallest absolute Gasteiger partial charge is 0.0583 e. The van der Waals surface area contributed by atoms with Crippen LogP contribution < -0.4 is 0 Å². The standard InChI is InChI=1S/C15H27NOS/c17-14-5-4-12-8-16(9-13(12)14)10-15(11-18)6-2-1-3-7-15/h12-14,17-18H,1-11H2. The lowest BCUT2D eigenvalue weighted by atomic mass is 9.75. The number of hydrogen-bond donors (Lipinski definition) is 2. The van der Waals surface area contributed by atoms with Gasteiger partial charge < -0.3 is 10.0 Å². The Bertz CT molecular complexity index is 290. The third kappa shape index (κ3) is 2.46. The van der Waals surface area contributed by atoms with Gasteiger partial charge in [0.25, 0.3) is 0 Å². The highest BCUT2D eigenvalue weighted by Crippen LogP contribution is 2.42. The van der Waals surface area contributed by atoms with E-state index in [0.717, 1.165) is 24.6 Å². The van der Waals surface area contributed by atoms with E-state index in [4.69, 9.17) is 0 Å². The van der Waals surface area contributed by atoms with Crippen LogP contribution in [0.5, 0.6) is 0 Å². The van der Waals surface area contributed by atoms with E-state index in [-0.39, 0.29) is 6.10 Å². The van der Waals surface area contributed by atoms with Gasteiger partial charge in [0.15, 0.2) is 0 Å². The van der Waals surface area contributed by atoms with Crippen LogP contribution in [-0.2, 0) is 0 Å². The highest BCUT2D eigenvalue weighted by Gasteiger charge is 2.44. The number of nitrogens with zero attached hydrogens (tertiary/aromatic N) is 1. The van der Waals surface area contributed by atoms with Crippen molar-refractivity contribution in [2.24, 2.45) is 17.3 Å². The second kappa shape index (κ2) is 5.34. The number of rotatable bonds is 3. The van der Waals surface area contributed by atoms with Crippen molar-refractivity contribution in [2.75, 3.05) is 25.4 Å². The molecule has 0 amide bonds. The van der Waals surface area contributed by atoms with Gasteiger partial charge in [-0.3, -0.25) is 0 Å². The van der Waals surface area contributed by atoms with Gasteiger partial charge in [0.1, 0.15) is 0 Å². The summed E-state index contributed by atoms with van der Waals surface area (Å²) in [5.41, 5.74) is 0.477. The average molecular weight is 269 g/mol. The Morgan fingerprint density at radius 3 is 2.56 bits per heavy atom. The minimum atomic E-state index is -0.0155. The first kappa shape index (κ1) is 13.3. The molecule has 3 heteroatoms. The van der Waals surface area contributed by atoms with E-state index < -0.39 is 0 Å². The summed E-state index contributed by atoms with van der Waals surface area (Å²) in [5.74, 6) is 2.40. The summed E-state index contributed by atoms with van der Waals surface area (Å²) >= 11 is 4.65. The second-order valence-electron chi connectivity index (χ2n) is 6.98. The van der Waals surface area contributed by atoms with E-state index >= 15 is 0 Å². The molecular formula is C15H27NOS. The van der Waals surface area contributed by atoms with Crippen LogP contribution in [0.25, 0.3) is 0 Å². The normalized spacial score (nSPS) is 40.0. The zero-order valence-corrected chi connectivity index (χ0v) is 12.2. The van der Waals surface area contributed by atoms with Crippen LogP contribution in [-0.4, -0.2) is 41.5 Å². The van der Waals surface area contributed by atoms with Crippen molar-refractivity contribution >= 4 is 12.6 Å². The van der Waals surface area contributed by atoms with Crippen molar-refractivity contribution in [3.8, 4) is 0 Å². The monoisotopic (exact) mass is 269 g/mol. The molecule has 3 fully saturated rings. The van der Waals surface area contributed by atoms with Gasteiger partial charge in [0, 0.05) is 25.6 Å². The van der Waals surface area contributed by atoms with Gasteiger partial charge in [-0.25, -0.2) is 0 Å². The molecule has 2 nitrogen and oxygen atoms in total. The maximum atomic E-state index is 10.0. The predicted molar refractivity (Wildman–Crippen MR) is 78.0 cm³/mol. The summed E-state index contributed by atoms with van der Waals surface area (Å²) in [6, 6.07) is 0. The molecule has 1 aliphatic heterocycles. The number of hydrogen-bond acceptors (Lipinski definition) is 3. The Morgan fingerprint density at radius 2 is 1.89 bits per heavy atom. The lowest BCUT2D eigenvalue weighted by molar-refractivity contribution is 0.106. The van der Waals surface area contributed by atoms with Crippen LogP contribution >= 0.6 is 12.6 Å². The maximum Gasteiger partial charge on any atom is 0.0583 e. The molecule has 0 bridgehead atoms. The van der Waals surface area contributed by atoms with Crippen LogP contribution in [0.1, 0.15) is 44.9 Å². The van der Waals surface area contributed by atoms with Crippen LogP contribution in [0.3, 0.4) is 0 Å². The number of thiol groups is 1.